The number of carboxylic acid groups (broad SMARTS) is 1. The molecule has 0 amide bonds. The second-order valence-electron chi connectivity index (χ2n) is 8.59. The summed E-state index contributed by atoms with van der Waals surface area (Å²) in [5.74, 6) is -0.214. The monoisotopic (exact) mass is 365 g/mol. The topological polar surface area (TPSA) is 66.8 Å². The number of carboxylic acids is 1. The molecule has 5 nitrogen and oxygen atoms in total. The SMILES string of the molecule is CCOC(=O)C1CC(C2CCCCC2)N(C2CCC(C(=O)O)CC2)C1C. The van der Waals surface area contributed by atoms with Gasteiger partial charge >= 0.3 is 11.9 Å². The van der Waals surface area contributed by atoms with Gasteiger partial charge in [-0.05, 0) is 64.7 Å². The predicted molar refractivity (Wildman–Crippen MR) is 99.8 cm³/mol. The molecule has 3 fully saturated rings. The third kappa shape index (κ3) is 4.08. The van der Waals surface area contributed by atoms with Crippen LogP contribution in [0.4, 0.5) is 0 Å². The fourth-order valence-electron chi connectivity index (χ4n) is 5.81. The number of likely N-dealkylation sites (tertiary alicyclic amines) is 1. The second kappa shape index (κ2) is 8.73. The number of esters is 1. The lowest BCUT2D eigenvalue weighted by Gasteiger charge is -2.43. The van der Waals surface area contributed by atoms with Gasteiger partial charge in [0.2, 0.25) is 0 Å². The Hall–Kier alpha value is -1.10. The highest BCUT2D eigenvalue weighted by Gasteiger charge is 2.48. The van der Waals surface area contributed by atoms with Crippen LogP contribution in [0.2, 0.25) is 0 Å². The van der Waals surface area contributed by atoms with Gasteiger partial charge in [-0.1, -0.05) is 19.3 Å². The quantitative estimate of drug-likeness (QED) is 0.750. The lowest BCUT2D eigenvalue weighted by Crippen LogP contribution is -2.49. The van der Waals surface area contributed by atoms with Crippen molar-refractivity contribution in [2.45, 2.75) is 96.2 Å². The number of hydrogen-bond donors (Lipinski definition) is 1. The summed E-state index contributed by atoms with van der Waals surface area (Å²) in [4.78, 5) is 26.4. The lowest BCUT2D eigenvalue weighted by atomic mass is 9.80. The summed E-state index contributed by atoms with van der Waals surface area (Å²) in [6.07, 6.45) is 10.8. The van der Waals surface area contributed by atoms with E-state index < -0.39 is 5.97 Å². The van der Waals surface area contributed by atoms with Crippen molar-refractivity contribution in [3.63, 3.8) is 0 Å². The largest absolute Gasteiger partial charge is 0.481 e. The number of carbonyl (C=O) groups excluding carboxylic acids is 1. The van der Waals surface area contributed by atoms with Gasteiger partial charge in [0.15, 0.2) is 0 Å². The minimum atomic E-state index is -0.647. The first-order chi connectivity index (χ1) is 12.5. The van der Waals surface area contributed by atoms with Crippen molar-refractivity contribution < 1.29 is 19.4 Å². The average Bonchev–Trinajstić information content (AvgIpc) is 3.00. The van der Waals surface area contributed by atoms with E-state index in [9.17, 15) is 14.7 Å². The molecule has 0 aromatic carbocycles. The van der Waals surface area contributed by atoms with Crippen LogP contribution in [0.25, 0.3) is 0 Å². The Bertz CT molecular complexity index is 494. The first kappa shape index (κ1) is 19.7. The van der Waals surface area contributed by atoms with Crippen LogP contribution in [0.15, 0.2) is 0 Å². The van der Waals surface area contributed by atoms with Crippen LogP contribution in [0.5, 0.6) is 0 Å². The van der Waals surface area contributed by atoms with E-state index >= 15 is 0 Å². The molecule has 0 radical (unpaired) electrons. The molecule has 0 aromatic heterocycles. The Morgan fingerprint density at radius 3 is 2.27 bits per heavy atom. The maximum atomic E-state index is 12.5. The molecule has 1 saturated heterocycles. The smallest absolute Gasteiger partial charge is 0.310 e. The maximum Gasteiger partial charge on any atom is 0.310 e. The molecule has 3 rings (SSSR count). The van der Waals surface area contributed by atoms with Crippen LogP contribution in [0.3, 0.4) is 0 Å². The first-order valence-electron chi connectivity index (χ1n) is 10.7. The highest BCUT2D eigenvalue weighted by atomic mass is 16.5. The summed E-state index contributed by atoms with van der Waals surface area (Å²) in [5, 5.41) is 9.30. The van der Waals surface area contributed by atoms with Crippen molar-refractivity contribution in [3.05, 3.63) is 0 Å². The van der Waals surface area contributed by atoms with Crippen LogP contribution >= 0.6 is 0 Å². The number of nitrogens with zero attached hydrogens (tertiary/aromatic N) is 1. The van der Waals surface area contributed by atoms with Crippen molar-refractivity contribution >= 4 is 11.9 Å². The summed E-state index contributed by atoms with van der Waals surface area (Å²) in [7, 11) is 0. The fraction of sp³-hybridized carbons (Fsp3) is 0.905. The van der Waals surface area contributed by atoms with E-state index in [0.29, 0.717) is 24.6 Å². The predicted octanol–water partition coefficient (Wildman–Crippen LogP) is 3.85. The summed E-state index contributed by atoms with van der Waals surface area (Å²) in [5.41, 5.74) is 0. The summed E-state index contributed by atoms with van der Waals surface area (Å²) in [6.45, 7) is 4.51. The molecule has 2 aliphatic carbocycles. The Morgan fingerprint density at radius 2 is 1.69 bits per heavy atom. The van der Waals surface area contributed by atoms with E-state index in [2.05, 4.69) is 11.8 Å². The number of ether oxygens (including phenoxy) is 1. The Balaban J connectivity index is 1.74. The molecule has 0 spiro atoms. The number of rotatable bonds is 5. The molecule has 3 aliphatic rings. The molecule has 5 heteroatoms. The zero-order valence-electron chi connectivity index (χ0n) is 16.4. The third-order valence-electron chi connectivity index (χ3n) is 7.18. The minimum Gasteiger partial charge on any atom is -0.481 e. The van der Waals surface area contributed by atoms with Gasteiger partial charge in [-0.25, -0.2) is 0 Å². The second-order valence-corrected chi connectivity index (χ2v) is 8.59. The van der Waals surface area contributed by atoms with Crippen LogP contribution in [0, 0.1) is 17.8 Å². The maximum absolute atomic E-state index is 12.5. The highest BCUT2D eigenvalue weighted by molar-refractivity contribution is 5.74. The number of carbonyl (C=O) groups is 2. The van der Waals surface area contributed by atoms with Gasteiger partial charge in [0.1, 0.15) is 0 Å². The molecule has 1 heterocycles. The summed E-state index contributed by atoms with van der Waals surface area (Å²) >= 11 is 0. The Kier molecular flexibility index (Phi) is 6.60. The van der Waals surface area contributed by atoms with Crippen molar-refractivity contribution in [3.8, 4) is 0 Å². The molecule has 148 valence electrons. The number of hydrogen-bond acceptors (Lipinski definition) is 4. The molecule has 1 aliphatic heterocycles. The van der Waals surface area contributed by atoms with Gasteiger partial charge < -0.3 is 9.84 Å². The average molecular weight is 366 g/mol. The summed E-state index contributed by atoms with van der Waals surface area (Å²) in [6, 6.07) is 1.09. The van der Waals surface area contributed by atoms with Crippen LogP contribution in [-0.2, 0) is 14.3 Å². The summed E-state index contributed by atoms with van der Waals surface area (Å²) < 4.78 is 5.37. The van der Waals surface area contributed by atoms with E-state index in [1.807, 2.05) is 6.92 Å². The molecule has 1 N–H and O–H groups in total. The van der Waals surface area contributed by atoms with Gasteiger partial charge in [0.25, 0.3) is 0 Å². The molecular formula is C21H35NO4. The fourth-order valence-corrected chi connectivity index (χ4v) is 5.81. The van der Waals surface area contributed by atoms with Gasteiger partial charge in [-0.2, -0.15) is 0 Å². The Morgan fingerprint density at radius 1 is 1.04 bits per heavy atom. The van der Waals surface area contributed by atoms with Gasteiger partial charge in [0, 0.05) is 18.1 Å². The van der Waals surface area contributed by atoms with Crippen LogP contribution < -0.4 is 0 Å². The van der Waals surface area contributed by atoms with Crippen molar-refractivity contribution in [1.82, 2.24) is 4.90 Å². The first-order valence-corrected chi connectivity index (χ1v) is 10.7. The molecule has 0 bridgehead atoms. The van der Waals surface area contributed by atoms with Crippen LogP contribution in [-0.4, -0.2) is 46.7 Å². The minimum absolute atomic E-state index is 0.0286. The molecule has 3 atom stereocenters. The number of aliphatic carboxylic acids is 1. The lowest BCUT2D eigenvalue weighted by molar-refractivity contribution is -0.148. The highest BCUT2D eigenvalue weighted by Crippen LogP contribution is 2.43. The van der Waals surface area contributed by atoms with E-state index in [1.165, 1.54) is 32.1 Å². The van der Waals surface area contributed by atoms with Crippen molar-refractivity contribution in [2.75, 3.05) is 6.61 Å². The normalized spacial score (nSPS) is 36.8. The van der Waals surface area contributed by atoms with E-state index in [1.54, 1.807) is 0 Å². The van der Waals surface area contributed by atoms with Gasteiger partial charge in [-0.3, -0.25) is 14.5 Å². The Labute approximate surface area is 157 Å². The van der Waals surface area contributed by atoms with Crippen molar-refractivity contribution in [1.29, 1.82) is 0 Å². The third-order valence-corrected chi connectivity index (χ3v) is 7.18. The molecule has 2 saturated carbocycles. The van der Waals surface area contributed by atoms with Gasteiger partial charge in [0.05, 0.1) is 18.4 Å². The molecule has 26 heavy (non-hydrogen) atoms. The van der Waals surface area contributed by atoms with E-state index in [4.69, 9.17) is 4.74 Å². The molecule has 0 aromatic rings. The molecular weight excluding hydrogens is 330 g/mol. The standard InChI is InChI=1S/C21H35NO4/c1-3-26-21(25)18-13-19(15-7-5-4-6-8-15)22(14(18)2)17-11-9-16(10-12-17)20(23)24/h14-19H,3-13H2,1-2H3,(H,23,24). The molecule has 3 unspecified atom stereocenters. The van der Waals surface area contributed by atoms with Gasteiger partial charge in [-0.15, -0.1) is 0 Å². The zero-order valence-corrected chi connectivity index (χ0v) is 16.4. The van der Waals surface area contributed by atoms with Crippen LogP contribution in [0.1, 0.15) is 78.1 Å². The van der Waals surface area contributed by atoms with E-state index in [0.717, 1.165) is 32.1 Å². The zero-order chi connectivity index (χ0) is 18.7. The van der Waals surface area contributed by atoms with E-state index in [-0.39, 0.29) is 23.8 Å². The van der Waals surface area contributed by atoms with Crippen molar-refractivity contribution in [2.24, 2.45) is 17.8 Å².